The molecule has 2 aliphatic rings. The number of aliphatic carboxylic acids is 1. The summed E-state index contributed by atoms with van der Waals surface area (Å²) in [6, 6.07) is -0.334. The van der Waals surface area contributed by atoms with Crippen LogP contribution in [0.4, 0.5) is 0 Å². The van der Waals surface area contributed by atoms with Gasteiger partial charge in [-0.3, -0.25) is 9.69 Å². The fourth-order valence-corrected chi connectivity index (χ4v) is 3.11. The summed E-state index contributed by atoms with van der Waals surface area (Å²) >= 11 is 0. The summed E-state index contributed by atoms with van der Waals surface area (Å²) in [6.07, 6.45) is 4.88. The van der Waals surface area contributed by atoms with Gasteiger partial charge >= 0.3 is 5.97 Å². The minimum atomic E-state index is -0.694. The summed E-state index contributed by atoms with van der Waals surface area (Å²) < 4.78 is 0. The molecule has 2 atom stereocenters. The molecule has 0 aromatic carbocycles. The summed E-state index contributed by atoms with van der Waals surface area (Å²) in [5.41, 5.74) is 0.347. The second-order valence-electron chi connectivity index (χ2n) is 5.37. The van der Waals surface area contributed by atoms with E-state index < -0.39 is 5.97 Å². The van der Waals surface area contributed by atoms with Crippen molar-refractivity contribution in [2.24, 2.45) is 5.41 Å². The van der Waals surface area contributed by atoms with Crippen LogP contribution in [0.25, 0.3) is 0 Å². The van der Waals surface area contributed by atoms with Gasteiger partial charge in [0.05, 0.1) is 0 Å². The van der Waals surface area contributed by atoms with E-state index >= 15 is 0 Å². The second-order valence-corrected chi connectivity index (χ2v) is 5.37. The third-order valence-corrected chi connectivity index (χ3v) is 4.16. The molecule has 0 aromatic heterocycles. The number of hydrogen-bond acceptors (Lipinski definition) is 3. The van der Waals surface area contributed by atoms with Gasteiger partial charge in [-0.05, 0) is 51.1 Å². The number of nitrogens with one attached hydrogen (secondary N) is 1. The van der Waals surface area contributed by atoms with E-state index in [-0.39, 0.29) is 6.04 Å². The number of carboxylic acid groups (broad SMARTS) is 1. The lowest BCUT2D eigenvalue weighted by molar-refractivity contribution is -0.144. The molecule has 0 saturated carbocycles. The van der Waals surface area contributed by atoms with Crippen LogP contribution >= 0.6 is 0 Å². The largest absolute Gasteiger partial charge is 0.480 e. The molecule has 0 aliphatic carbocycles. The fourth-order valence-electron chi connectivity index (χ4n) is 3.11. The lowest BCUT2D eigenvalue weighted by Gasteiger charge is -2.46. The second kappa shape index (κ2) is 4.72. The average molecular weight is 226 g/mol. The first-order valence-corrected chi connectivity index (χ1v) is 6.31. The fraction of sp³-hybridized carbons (Fsp3) is 0.917. The van der Waals surface area contributed by atoms with Crippen LogP contribution in [0, 0.1) is 5.41 Å². The van der Waals surface area contributed by atoms with E-state index in [0.717, 1.165) is 32.6 Å². The van der Waals surface area contributed by atoms with Crippen molar-refractivity contribution >= 4 is 5.97 Å². The van der Waals surface area contributed by atoms with Crippen molar-refractivity contribution in [3.05, 3.63) is 0 Å². The summed E-state index contributed by atoms with van der Waals surface area (Å²) in [5, 5.41) is 12.5. The van der Waals surface area contributed by atoms with E-state index in [0.29, 0.717) is 5.41 Å². The van der Waals surface area contributed by atoms with Gasteiger partial charge in [-0.2, -0.15) is 0 Å². The zero-order chi connectivity index (χ0) is 11.6. The lowest BCUT2D eigenvalue weighted by Crippen LogP contribution is -2.54. The molecule has 92 valence electrons. The molecule has 2 unspecified atom stereocenters. The monoisotopic (exact) mass is 226 g/mol. The number of piperidine rings is 2. The van der Waals surface area contributed by atoms with E-state index in [9.17, 15) is 4.79 Å². The number of likely N-dealkylation sites (tertiary alicyclic amines) is 1. The maximum Gasteiger partial charge on any atom is 0.320 e. The van der Waals surface area contributed by atoms with Crippen molar-refractivity contribution in [2.75, 3.05) is 26.2 Å². The molecule has 0 amide bonds. The number of carbonyl (C=O) groups is 1. The Balaban J connectivity index is 2.00. The van der Waals surface area contributed by atoms with Crippen LogP contribution in [0.3, 0.4) is 0 Å². The highest BCUT2D eigenvalue weighted by molar-refractivity contribution is 5.72. The van der Waals surface area contributed by atoms with Crippen LogP contribution in [0.2, 0.25) is 0 Å². The molecule has 4 nitrogen and oxygen atoms in total. The number of nitrogens with zero attached hydrogens (tertiary/aromatic N) is 1. The van der Waals surface area contributed by atoms with E-state index in [1.165, 1.54) is 19.3 Å². The zero-order valence-electron chi connectivity index (χ0n) is 10.0. The van der Waals surface area contributed by atoms with Crippen LogP contribution in [0.1, 0.15) is 32.6 Å². The third kappa shape index (κ3) is 2.38. The van der Waals surface area contributed by atoms with Gasteiger partial charge < -0.3 is 10.4 Å². The molecule has 16 heavy (non-hydrogen) atoms. The van der Waals surface area contributed by atoms with E-state index in [2.05, 4.69) is 10.2 Å². The summed E-state index contributed by atoms with van der Waals surface area (Å²) in [5.74, 6) is -0.694. The molecule has 0 aromatic rings. The Morgan fingerprint density at radius 1 is 1.44 bits per heavy atom. The van der Waals surface area contributed by atoms with E-state index in [1.807, 2.05) is 0 Å². The third-order valence-electron chi connectivity index (χ3n) is 4.16. The van der Waals surface area contributed by atoms with Crippen molar-refractivity contribution in [1.82, 2.24) is 10.2 Å². The van der Waals surface area contributed by atoms with Crippen LogP contribution in [-0.2, 0) is 4.79 Å². The number of hydrogen-bond donors (Lipinski definition) is 2. The number of rotatable bonds is 2. The van der Waals surface area contributed by atoms with Crippen LogP contribution < -0.4 is 5.32 Å². The van der Waals surface area contributed by atoms with Crippen LogP contribution in [0.5, 0.6) is 0 Å². The topological polar surface area (TPSA) is 52.6 Å². The van der Waals surface area contributed by atoms with Crippen molar-refractivity contribution in [2.45, 2.75) is 38.6 Å². The highest BCUT2D eigenvalue weighted by atomic mass is 16.4. The molecular formula is C12H22N2O2. The maximum absolute atomic E-state index is 11.0. The molecule has 2 rings (SSSR count). The minimum absolute atomic E-state index is 0.334. The molecule has 2 fully saturated rings. The summed E-state index contributed by atoms with van der Waals surface area (Å²) in [6.45, 7) is 5.88. The van der Waals surface area contributed by atoms with Gasteiger partial charge in [-0.15, -0.1) is 0 Å². The molecule has 4 heteroatoms. The summed E-state index contributed by atoms with van der Waals surface area (Å²) in [7, 11) is 0. The van der Waals surface area contributed by atoms with E-state index in [4.69, 9.17) is 5.11 Å². The quantitative estimate of drug-likeness (QED) is 0.735. The normalized spacial score (nSPS) is 33.8. The van der Waals surface area contributed by atoms with Gasteiger partial charge in [0.2, 0.25) is 0 Å². The number of carboxylic acids is 1. The highest BCUT2D eigenvalue weighted by Gasteiger charge is 2.38. The smallest absolute Gasteiger partial charge is 0.320 e. The van der Waals surface area contributed by atoms with Gasteiger partial charge in [-0.25, -0.2) is 0 Å². The lowest BCUT2D eigenvalue weighted by atomic mass is 9.74. The van der Waals surface area contributed by atoms with Crippen LogP contribution in [-0.4, -0.2) is 48.2 Å². The molecule has 2 aliphatic heterocycles. The van der Waals surface area contributed by atoms with Crippen molar-refractivity contribution in [1.29, 1.82) is 0 Å². The standard InChI is InChI=1S/C12H22N2O2/c1-10(11(15)16)14-7-3-5-12(9-14)4-2-6-13-8-12/h10,13H,2-9H2,1H3,(H,15,16). The molecule has 0 radical (unpaired) electrons. The Bertz CT molecular complexity index is 256. The Hall–Kier alpha value is -0.610. The highest BCUT2D eigenvalue weighted by Crippen LogP contribution is 2.36. The van der Waals surface area contributed by atoms with Gasteiger partial charge in [-0.1, -0.05) is 0 Å². The Kier molecular flexibility index (Phi) is 3.50. The first-order valence-electron chi connectivity index (χ1n) is 6.31. The predicted octanol–water partition coefficient (Wildman–Crippen LogP) is 0.925. The van der Waals surface area contributed by atoms with Gasteiger partial charge in [0.15, 0.2) is 0 Å². The average Bonchev–Trinajstić information content (AvgIpc) is 2.29. The molecule has 0 bridgehead atoms. The van der Waals surface area contributed by atoms with Gasteiger partial charge in [0.25, 0.3) is 0 Å². The summed E-state index contributed by atoms with van der Waals surface area (Å²) in [4.78, 5) is 13.2. The molecule has 1 spiro atoms. The Labute approximate surface area is 97.0 Å². The van der Waals surface area contributed by atoms with Gasteiger partial charge in [0, 0.05) is 13.1 Å². The SMILES string of the molecule is CC(C(=O)O)N1CCCC2(CCCNC2)C1. The predicted molar refractivity (Wildman–Crippen MR) is 62.4 cm³/mol. The van der Waals surface area contributed by atoms with Crippen molar-refractivity contribution in [3.63, 3.8) is 0 Å². The van der Waals surface area contributed by atoms with Gasteiger partial charge in [0.1, 0.15) is 6.04 Å². The van der Waals surface area contributed by atoms with E-state index in [1.54, 1.807) is 6.92 Å². The minimum Gasteiger partial charge on any atom is -0.480 e. The zero-order valence-corrected chi connectivity index (χ0v) is 10.0. The Morgan fingerprint density at radius 3 is 2.81 bits per heavy atom. The van der Waals surface area contributed by atoms with Crippen LogP contribution in [0.15, 0.2) is 0 Å². The molecule has 2 heterocycles. The molecule has 2 saturated heterocycles. The molecule has 2 N–H and O–H groups in total. The first kappa shape index (κ1) is 11.9. The Morgan fingerprint density at radius 2 is 2.19 bits per heavy atom. The first-order chi connectivity index (χ1) is 7.63. The van der Waals surface area contributed by atoms with Crippen molar-refractivity contribution in [3.8, 4) is 0 Å². The van der Waals surface area contributed by atoms with Crippen molar-refractivity contribution < 1.29 is 9.90 Å². The maximum atomic E-state index is 11.0. The molecular weight excluding hydrogens is 204 g/mol.